The summed E-state index contributed by atoms with van der Waals surface area (Å²) in [6.45, 7) is 5.89. The second-order valence-electron chi connectivity index (χ2n) is 4.70. The van der Waals surface area contributed by atoms with Crippen molar-refractivity contribution < 1.29 is 18.9 Å². The monoisotopic (exact) mass is 200 g/mol. The lowest BCUT2D eigenvalue weighted by molar-refractivity contribution is -0.205. The van der Waals surface area contributed by atoms with E-state index in [1.807, 2.05) is 13.8 Å². The molecule has 3 fully saturated rings. The molecule has 3 rings (SSSR count). The van der Waals surface area contributed by atoms with Gasteiger partial charge in [-0.15, -0.1) is 0 Å². The maximum absolute atomic E-state index is 5.68. The van der Waals surface area contributed by atoms with Crippen molar-refractivity contribution in [3.05, 3.63) is 0 Å². The summed E-state index contributed by atoms with van der Waals surface area (Å²) in [7, 11) is 0. The van der Waals surface area contributed by atoms with Crippen LogP contribution in [0.3, 0.4) is 0 Å². The molecule has 0 aromatic carbocycles. The summed E-state index contributed by atoms with van der Waals surface area (Å²) < 4.78 is 22.5. The summed E-state index contributed by atoms with van der Waals surface area (Å²) in [5, 5.41) is 0. The predicted octanol–water partition coefficient (Wildman–Crippen LogP) is 0.552. The van der Waals surface area contributed by atoms with E-state index in [1.165, 1.54) is 0 Å². The lowest BCUT2D eigenvalue weighted by atomic mass is 9.95. The van der Waals surface area contributed by atoms with Crippen molar-refractivity contribution in [3.63, 3.8) is 0 Å². The van der Waals surface area contributed by atoms with E-state index in [0.29, 0.717) is 31.3 Å². The molecular weight excluding hydrogens is 184 g/mol. The number of rotatable bonds is 0. The van der Waals surface area contributed by atoms with Gasteiger partial charge in [-0.2, -0.15) is 0 Å². The Balaban J connectivity index is 1.74. The van der Waals surface area contributed by atoms with Crippen LogP contribution in [0.4, 0.5) is 0 Å². The summed E-state index contributed by atoms with van der Waals surface area (Å²) in [4.78, 5) is 0. The third-order valence-corrected chi connectivity index (χ3v) is 3.21. The van der Waals surface area contributed by atoms with Crippen LogP contribution in [0, 0.1) is 5.92 Å². The third kappa shape index (κ3) is 1.46. The van der Waals surface area contributed by atoms with Crippen molar-refractivity contribution in [1.82, 2.24) is 0 Å². The number of ether oxygens (including phenoxy) is 4. The van der Waals surface area contributed by atoms with E-state index in [0.717, 1.165) is 6.61 Å². The standard InChI is InChI=1S/C10H16O4/c1-10(2)12-3-6-7(5-13-10)11-4-8-9(6)14-8/h6-9H,3-5H2,1-2H3/t6-,7-,8+,9+/m1/s1. The highest BCUT2D eigenvalue weighted by molar-refractivity contribution is 4.98. The first kappa shape index (κ1) is 9.09. The molecule has 0 spiro atoms. The Kier molecular flexibility index (Phi) is 1.89. The van der Waals surface area contributed by atoms with Crippen molar-refractivity contribution >= 4 is 0 Å². The molecule has 3 aliphatic rings. The van der Waals surface area contributed by atoms with Crippen LogP contribution in [0.15, 0.2) is 0 Å². The van der Waals surface area contributed by atoms with Crippen molar-refractivity contribution in [2.24, 2.45) is 5.92 Å². The minimum Gasteiger partial charge on any atom is -0.373 e. The Morgan fingerprint density at radius 2 is 1.79 bits per heavy atom. The lowest BCUT2D eigenvalue weighted by Gasteiger charge is -2.25. The Morgan fingerprint density at radius 3 is 2.64 bits per heavy atom. The van der Waals surface area contributed by atoms with Gasteiger partial charge in [0.1, 0.15) is 6.10 Å². The predicted molar refractivity (Wildman–Crippen MR) is 47.9 cm³/mol. The molecule has 3 heterocycles. The van der Waals surface area contributed by atoms with E-state index in [9.17, 15) is 0 Å². The van der Waals surface area contributed by atoms with Crippen molar-refractivity contribution in [2.75, 3.05) is 19.8 Å². The van der Waals surface area contributed by atoms with Crippen LogP contribution in [0.1, 0.15) is 13.8 Å². The average Bonchev–Trinajstić information content (AvgIpc) is 2.89. The van der Waals surface area contributed by atoms with Gasteiger partial charge in [-0.25, -0.2) is 0 Å². The van der Waals surface area contributed by atoms with Gasteiger partial charge in [-0.1, -0.05) is 0 Å². The smallest absolute Gasteiger partial charge is 0.162 e. The van der Waals surface area contributed by atoms with E-state index in [2.05, 4.69) is 0 Å². The van der Waals surface area contributed by atoms with E-state index >= 15 is 0 Å². The van der Waals surface area contributed by atoms with Gasteiger partial charge < -0.3 is 18.9 Å². The van der Waals surface area contributed by atoms with Gasteiger partial charge in [0.25, 0.3) is 0 Å². The molecule has 0 unspecified atom stereocenters. The quantitative estimate of drug-likeness (QED) is 0.535. The first-order valence-corrected chi connectivity index (χ1v) is 5.21. The molecule has 3 saturated heterocycles. The molecular formula is C10H16O4. The van der Waals surface area contributed by atoms with Gasteiger partial charge in [0.05, 0.1) is 32.0 Å². The molecule has 0 radical (unpaired) electrons. The van der Waals surface area contributed by atoms with Gasteiger partial charge in [-0.3, -0.25) is 0 Å². The highest BCUT2D eigenvalue weighted by Gasteiger charge is 2.53. The largest absolute Gasteiger partial charge is 0.373 e. The molecule has 3 aliphatic heterocycles. The van der Waals surface area contributed by atoms with Crippen molar-refractivity contribution in [3.8, 4) is 0 Å². The zero-order valence-corrected chi connectivity index (χ0v) is 8.56. The molecule has 0 saturated carbocycles. The zero-order chi connectivity index (χ0) is 9.76. The summed E-state index contributed by atoms with van der Waals surface area (Å²) in [5.41, 5.74) is 0. The highest BCUT2D eigenvalue weighted by Crippen LogP contribution is 2.39. The molecule has 80 valence electrons. The fourth-order valence-electron chi connectivity index (χ4n) is 2.22. The average molecular weight is 200 g/mol. The van der Waals surface area contributed by atoms with Crippen LogP contribution >= 0.6 is 0 Å². The van der Waals surface area contributed by atoms with Crippen molar-refractivity contribution in [2.45, 2.75) is 37.9 Å². The van der Waals surface area contributed by atoms with E-state index in [4.69, 9.17) is 18.9 Å². The first-order chi connectivity index (χ1) is 6.66. The second-order valence-corrected chi connectivity index (χ2v) is 4.70. The summed E-state index contributed by atoms with van der Waals surface area (Å²) in [6.07, 6.45) is 0.827. The summed E-state index contributed by atoms with van der Waals surface area (Å²) >= 11 is 0. The minimum absolute atomic E-state index is 0.153. The van der Waals surface area contributed by atoms with Gasteiger partial charge >= 0.3 is 0 Å². The van der Waals surface area contributed by atoms with Crippen LogP contribution < -0.4 is 0 Å². The van der Waals surface area contributed by atoms with E-state index in [1.54, 1.807) is 0 Å². The molecule has 0 N–H and O–H groups in total. The Morgan fingerprint density at radius 1 is 1.00 bits per heavy atom. The number of fused-ring (bicyclic) bond motifs is 3. The maximum atomic E-state index is 5.68. The van der Waals surface area contributed by atoms with Crippen LogP contribution in [-0.2, 0) is 18.9 Å². The molecule has 0 amide bonds. The number of hydrogen-bond donors (Lipinski definition) is 0. The molecule has 14 heavy (non-hydrogen) atoms. The van der Waals surface area contributed by atoms with Gasteiger partial charge in [0.2, 0.25) is 0 Å². The first-order valence-electron chi connectivity index (χ1n) is 5.21. The number of epoxide rings is 1. The normalized spacial score (nSPS) is 50.1. The second kappa shape index (κ2) is 2.92. The molecule has 0 aliphatic carbocycles. The maximum Gasteiger partial charge on any atom is 0.162 e. The van der Waals surface area contributed by atoms with Crippen LogP contribution in [0.25, 0.3) is 0 Å². The Hall–Kier alpha value is -0.160. The zero-order valence-electron chi connectivity index (χ0n) is 8.56. The Labute approximate surface area is 83.5 Å². The van der Waals surface area contributed by atoms with Crippen LogP contribution in [-0.4, -0.2) is 43.9 Å². The fraction of sp³-hybridized carbons (Fsp3) is 1.00. The van der Waals surface area contributed by atoms with E-state index < -0.39 is 5.79 Å². The SMILES string of the molecule is CC1(C)OC[C@H]2[C@@H]3O[C@H]3CO[C@@H]2CO1. The third-order valence-electron chi connectivity index (χ3n) is 3.21. The molecule has 0 aromatic heterocycles. The molecule has 4 nitrogen and oxygen atoms in total. The van der Waals surface area contributed by atoms with E-state index in [-0.39, 0.29) is 6.10 Å². The fourth-order valence-corrected chi connectivity index (χ4v) is 2.22. The minimum atomic E-state index is -0.481. The highest BCUT2D eigenvalue weighted by atomic mass is 16.7. The summed E-state index contributed by atoms with van der Waals surface area (Å²) in [6, 6.07) is 0. The lowest BCUT2D eigenvalue weighted by Crippen LogP contribution is -2.39. The number of hydrogen-bond acceptors (Lipinski definition) is 4. The van der Waals surface area contributed by atoms with Crippen molar-refractivity contribution in [1.29, 1.82) is 0 Å². The van der Waals surface area contributed by atoms with Crippen LogP contribution in [0.5, 0.6) is 0 Å². The molecule has 4 atom stereocenters. The summed E-state index contributed by atoms with van der Waals surface area (Å²) in [5.74, 6) is -0.124. The van der Waals surface area contributed by atoms with Gasteiger partial charge in [0.15, 0.2) is 5.79 Å². The molecule has 0 bridgehead atoms. The van der Waals surface area contributed by atoms with Gasteiger partial charge in [-0.05, 0) is 13.8 Å². The topological polar surface area (TPSA) is 40.2 Å². The van der Waals surface area contributed by atoms with Gasteiger partial charge in [0, 0.05) is 5.92 Å². The Bertz CT molecular complexity index is 240. The molecule has 0 aromatic rings. The molecule has 4 heteroatoms. The van der Waals surface area contributed by atoms with Crippen LogP contribution in [0.2, 0.25) is 0 Å².